The first-order valence-corrected chi connectivity index (χ1v) is 9.27. The number of aryl methyl sites for hydroxylation is 1. The normalized spacial score (nSPS) is 15.8. The number of unbranched alkanes of at least 4 members (excludes halogenated alkanes) is 1. The van der Waals surface area contributed by atoms with Gasteiger partial charge in [-0.2, -0.15) is 0 Å². The second-order valence-electron chi connectivity index (χ2n) is 6.68. The molecule has 0 aliphatic carbocycles. The first-order chi connectivity index (χ1) is 12.1. The Morgan fingerprint density at radius 3 is 2.80 bits per heavy atom. The molecule has 0 spiro atoms. The molecular weight excluding hydrogens is 318 g/mol. The Balaban J connectivity index is 1.73. The molecule has 2 amide bonds. The molecule has 25 heavy (non-hydrogen) atoms. The van der Waals surface area contributed by atoms with Crippen LogP contribution in [-0.4, -0.2) is 54.9 Å². The van der Waals surface area contributed by atoms with Gasteiger partial charge in [0.25, 0.3) is 0 Å². The molecule has 0 bridgehead atoms. The van der Waals surface area contributed by atoms with Crippen molar-refractivity contribution in [2.45, 2.75) is 45.6 Å². The largest absolute Gasteiger partial charge is 0.494 e. The van der Waals surface area contributed by atoms with Crippen LogP contribution in [0.4, 0.5) is 10.5 Å². The van der Waals surface area contributed by atoms with Crippen molar-refractivity contribution < 1.29 is 14.6 Å². The number of rotatable bonds is 9. The summed E-state index contributed by atoms with van der Waals surface area (Å²) in [6.45, 7) is 7.71. The van der Waals surface area contributed by atoms with Crippen molar-refractivity contribution >= 4 is 11.7 Å². The molecule has 2 rings (SSSR count). The van der Waals surface area contributed by atoms with Gasteiger partial charge < -0.3 is 25.4 Å². The highest BCUT2D eigenvalue weighted by atomic mass is 16.5. The molecule has 1 heterocycles. The minimum atomic E-state index is -0.542. The van der Waals surface area contributed by atoms with Gasteiger partial charge >= 0.3 is 6.03 Å². The summed E-state index contributed by atoms with van der Waals surface area (Å²) in [7, 11) is 0. The third-order valence-electron chi connectivity index (χ3n) is 4.38. The number of anilines is 1. The fourth-order valence-electron chi connectivity index (χ4n) is 2.91. The minimum Gasteiger partial charge on any atom is -0.494 e. The number of nitrogens with one attached hydrogen (secondary N) is 2. The maximum Gasteiger partial charge on any atom is 0.319 e. The molecule has 1 aliphatic rings. The molecule has 0 unspecified atom stereocenters. The van der Waals surface area contributed by atoms with Crippen LogP contribution in [0.2, 0.25) is 0 Å². The van der Waals surface area contributed by atoms with Crippen LogP contribution in [0, 0.1) is 6.92 Å². The molecular formula is C19H31N3O3. The average molecular weight is 349 g/mol. The number of hydrogen-bond acceptors (Lipinski definition) is 4. The summed E-state index contributed by atoms with van der Waals surface area (Å²) < 4.78 is 5.66. The Morgan fingerprint density at radius 1 is 1.36 bits per heavy atom. The van der Waals surface area contributed by atoms with E-state index in [1.54, 1.807) is 0 Å². The van der Waals surface area contributed by atoms with E-state index < -0.39 is 6.10 Å². The van der Waals surface area contributed by atoms with Crippen LogP contribution < -0.4 is 15.4 Å². The van der Waals surface area contributed by atoms with Gasteiger partial charge in [-0.25, -0.2) is 4.79 Å². The van der Waals surface area contributed by atoms with Crippen molar-refractivity contribution in [1.29, 1.82) is 0 Å². The zero-order valence-electron chi connectivity index (χ0n) is 15.4. The molecule has 1 aliphatic heterocycles. The molecule has 1 fully saturated rings. The summed E-state index contributed by atoms with van der Waals surface area (Å²) in [6.07, 6.45) is 3.97. The summed E-state index contributed by atoms with van der Waals surface area (Å²) in [5.41, 5.74) is 1.69. The highest BCUT2D eigenvalue weighted by Gasteiger charge is 2.16. The molecule has 0 saturated carbocycles. The van der Waals surface area contributed by atoms with Crippen LogP contribution in [0.1, 0.15) is 38.2 Å². The molecule has 1 aromatic carbocycles. The van der Waals surface area contributed by atoms with Gasteiger partial charge in [-0.05, 0) is 63.0 Å². The second kappa shape index (κ2) is 10.3. The first-order valence-electron chi connectivity index (χ1n) is 9.27. The van der Waals surface area contributed by atoms with E-state index in [9.17, 15) is 9.90 Å². The molecule has 1 saturated heterocycles. The van der Waals surface area contributed by atoms with Crippen LogP contribution in [0.15, 0.2) is 18.2 Å². The van der Waals surface area contributed by atoms with Crippen molar-refractivity contribution in [2.24, 2.45) is 0 Å². The Bertz CT molecular complexity index is 545. The fourth-order valence-corrected chi connectivity index (χ4v) is 2.91. The first kappa shape index (κ1) is 19.5. The maximum absolute atomic E-state index is 12.0. The van der Waals surface area contributed by atoms with E-state index in [4.69, 9.17) is 4.74 Å². The lowest BCUT2D eigenvalue weighted by Crippen LogP contribution is -2.40. The topological polar surface area (TPSA) is 73.8 Å². The second-order valence-corrected chi connectivity index (χ2v) is 6.68. The van der Waals surface area contributed by atoms with Crippen molar-refractivity contribution in [3.63, 3.8) is 0 Å². The van der Waals surface area contributed by atoms with E-state index >= 15 is 0 Å². The number of ether oxygens (including phenoxy) is 1. The molecule has 0 aromatic heterocycles. The number of aliphatic hydroxyl groups is 1. The molecule has 6 nitrogen and oxygen atoms in total. The van der Waals surface area contributed by atoms with Gasteiger partial charge in [0.2, 0.25) is 0 Å². The minimum absolute atomic E-state index is 0.250. The number of carbonyl (C=O) groups is 1. The number of hydrogen-bond donors (Lipinski definition) is 3. The highest BCUT2D eigenvalue weighted by molar-refractivity contribution is 5.90. The number of aliphatic hydroxyl groups excluding tert-OH is 1. The van der Waals surface area contributed by atoms with Gasteiger partial charge in [-0.3, -0.25) is 0 Å². The number of nitrogens with zero attached hydrogens (tertiary/aromatic N) is 1. The van der Waals surface area contributed by atoms with Gasteiger partial charge in [0.15, 0.2) is 0 Å². The van der Waals surface area contributed by atoms with E-state index in [0.717, 1.165) is 42.9 Å². The van der Waals surface area contributed by atoms with Crippen LogP contribution in [-0.2, 0) is 0 Å². The molecule has 1 aromatic rings. The molecule has 6 heteroatoms. The number of likely N-dealkylation sites (tertiary alicyclic amines) is 1. The fraction of sp³-hybridized carbons (Fsp3) is 0.632. The average Bonchev–Trinajstić information content (AvgIpc) is 3.08. The van der Waals surface area contributed by atoms with Crippen LogP contribution in [0.3, 0.4) is 0 Å². The SMILES string of the molecule is CCCCOc1ccc(NC(=O)NC[C@@H](O)CN2CCCC2)c(C)c1. The Labute approximate surface area is 150 Å². The number of carbonyl (C=O) groups excluding carboxylic acids is 1. The number of benzene rings is 1. The number of β-amino-alcohol motifs (C(OH)–C–C–N with tert-alkyl or cyclic N) is 1. The molecule has 140 valence electrons. The van der Waals surface area contributed by atoms with Gasteiger partial charge in [0.1, 0.15) is 5.75 Å². The lowest BCUT2D eigenvalue weighted by atomic mass is 10.2. The van der Waals surface area contributed by atoms with Crippen LogP contribution in [0.25, 0.3) is 0 Å². The summed E-state index contributed by atoms with van der Waals surface area (Å²) in [6, 6.07) is 5.33. The lowest BCUT2D eigenvalue weighted by molar-refractivity contribution is 0.125. The Hall–Kier alpha value is -1.79. The van der Waals surface area contributed by atoms with Crippen LogP contribution in [0.5, 0.6) is 5.75 Å². The summed E-state index contributed by atoms with van der Waals surface area (Å²) in [4.78, 5) is 14.3. The predicted molar refractivity (Wildman–Crippen MR) is 100 cm³/mol. The monoisotopic (exact) mass is 349 g/mol. The number of amides is 2. The number of urea groups is 1. The maximum atomic E-state index is 12.0. The quantitative estimate of drug-likeness (QED) is 0.599. The van der Waals surface area contributed by atoms with Crippen molar-refractivity contribution in [1.82, 2.24) is 10.2 Å². The van der Waals surface area contributed by atoms with Crippen molar-refractivity contribution in [3.8, 4) is 5.75 Å². The molecule has 1 atom stereocenters. The molecule has 0 radical (unpaired) electrons. The Morgan fingerprint density at radius 2 is 2.12 bits per heavy atom. The van der Waals surface area contributed by atoms with Crippen molar-refractivity contribution in [2.75, 3.05) is 38.1 Å². The van der Waals surface area contributed by atoms with E-state index in [0.29, 0.717) is 13.2 Å². The zero-order chi connectivity index (χ0) is 18.1. The standard InChI is InChI=1S/C19H31N3O3/c1-3-4-11-25-17-7-8-18(15(2)12-17)21-19(24)20-13-16(23)14-22-9-5-6-10-22/h7-8,12,16,23H,3-6,9-11,13-14H2,1-2H3,(H2,20,21,24)/t16-/m1/s1. The summed E-state index contributed by atoms with van der Waals surface area (Å²) >= 11 is 0. The van der Waals surface area contributed by atoms with E-state index in [-0.39, 0.29) is 12.6 Å². The summed E-state index contributed by atoms with van der Waals surface area (Å²) in [5.74, 6) is 0.818. The summed E-state index contributed by atoms with van der Waals surface area (Å²) in [5, 5.41) is 15.6. The third-order valence-corrected chi connectivity index (χ3v) is 4.38. The van der Waals surface area contributed by atoms with E-state index in [1.165, 1.54) is 12.8 Å². The van der Waals surface area contributed by atoms with Crippen LogP contribution >= 0.6 is 0 Å². The highest BCUT2D eigenvalue weighted by Crippen LogP contribution is 2.21. The van der Waals surface area contributed by atoms with Crippen molar-refractivity contribution in [3.05, 3.63) is 23.8 Å². The van der Waals surface area contributed by atoms with Gasteiger partial charge in [-0.1, -0.05) is 13.3 Å². The zero-order valence-corrected chi connectivity index (χ0v) is 15.4. The van der Waals surface area contributed by atoms with Gasteiger partial charge in [0.05, 0.1) is 12.7 Å². The van der Waals surface area contributed by atoms with E-state index in [1.807, 2.05) is 25.1 Å². The molecule has 3 N–H and O–H groups in total. The lowest BCUT2D eigenvalue weighted by Gasteiger charge is -2.19. The van der Waals surface area contributed by atoms with Gasteiger partial charge in [-0.15, -0.1) is 0 Å². The smallest absolute Gasteiger partial charge is 0.319 e. The third kappa shape index (κ3) is 6.92. The Kier molecular flexibility index (Phi) is 8.01. The van der Waals surface area contributed by atoms with E-state index in [2.05, 4.69) is 22.5 Å². The predicted octanol–water partition coefficient (Wildman–Crippen LogP) is 2.75. The van der Waals surface area contributed by atoms with Gasteiger partial charge in [0, 0.05) is 18.8 Å².